The Hall–Kier alpha value is -2.14. The third-order valence-corrected chi connectivity index (χ3v) is 2.94. The molecule has 2 rings (SSSR count). The van der Waals surface area contributed by atoms with E-state index in [0.29, 0.717) is 5.56 Å². The highest BCUT2D eigenvalue weighted by molar-refractivity contribution is 6.31. The van der Waals surface area contributed by atoms with Crippen LogP contribution in [-0.2, 0) is 6.61 Å². The van der Waals surface area contributed by atoms with E-state index in [4.69, 9.17) is 21.4 Å². The SMILES string of the molecule is O=C(O)c1cccc(F)c1OCc1ccc(F)cc1Cl. The van der Waals surface area contributed by atoms with Crippen LogP contribution < -0.4 is 4.74 Å². The van der Waals surface area contributed by atoms with Crippen LogP contribution in [0.2, 0.25) is 5.02 Å². The van der Waals surface area contributed by atoms with Crippen LogP contribution in [0.1, 0.15) is 15.9 Å². The van der Waals surface area contributed by atoms with Crippen molar-refractivity contribution in [3.05, 3.63) is 64.2 Å². The zero-order chi connectivity index (χ0) is 14.7. The number of hydrogen-bond acceptors (Lipinski definition) is 2. The fourth-order valence-electron chi connectivity index (χ4n) is 1.61. The Bertz CT molecular complexity index is 659. The van der Waals surface area contributed by atoms with Crippen LogP contribution in [0, 0.1) is 11.6 Å². The molecule has 3 nitrogen and oxygen atoms in total. The minimum Gasteiger partial charge on any atom is -0.485 e. The molecule has 0 aliphatic heterocycles. The van der Waals surface area contributed by atoms with Gasteiger partial charge in [0, 0.05) is 5.56 Å². The highest BCUT2D eigenvalue weighted by Gasteiger charge is 2.16. The van der Waals surface area contributed by atoms with Crippen molar-refractivity contribution < 1.29 is 23.4 Å². The number of hydrogen-bond donors (Lipinski definition) is 1. The summed E-state index contributed by atoms with van der Waals surface area (Å²) in [5, 5.41) is 9.08. The van der Waals surface area contributed by atoms with Gasteiger partial charge in [-0.3, -0.25) is 0 Å². The van der Waals surface area contributed by atoms with E-state index < -0.39 is 17.6 Å². The minimum atomic E-state index is -1.30. The maximum absolute atomic E-state index is 13.6. The maximum atomic E-state index is 13.6. The lowest BCUT2D eigenvalue weighted by atomic mass is 10.2. The fourth-order valence-corrected chi connectivity index (χ4v) is 1.83. The molecule has 0 saturated heterocycles. The molecule has 0 unspecified atom stereocenters. The zero-order valence-corrected chi connectivity index (χ0v) is 10.8. The van der Waals surface area contributed by atoms with E-state index in [9.17, 15) is 13.6 Å². The summed E-state index contributed by atoms with van der Waals surface area (Å²) in [4.78, 5) is 11.0. The van der Waals surface area contributed by atoms with E-state index in [-0.39, 0.29) is 22.9 Å². The number of ether oxygens (including phenoxy) is 1. The molecule has 0 bridgehead atoms. The number of benzene rings is 2. The van der Waals surface area contributed by atoms with Crippen molar-refractivity contribution in [1.29, 1.82) is 0 Å². The van der Waals surface area contributed by atoms with Crippen LogP contribution in [-0.4, -0.2) is 11.1 Å². The number of carboxylic acids is 1. The largest absolute Gasteiger partial charge is 0.485 e. The van der Waals surface area contributed by atoms with E-state index in [1.165, 1.54) is 24.3 Å². The first kappa shape index (κ1) is 14.3. The molecule has 6 heteroatoms. The van der Waals surface area contributed by atoms with Gasteiger partial charge in [-0.25, -0.2) is 13.6 Å². The molecule has 0 aliphatic rings. The lowest BCUT2D eigenvalue weighted by Gasteiger charge is -2.11. The molecule has 0 atom stereocenters. The number of carboxylic acid groups (broad SMARTS) is 1. The Balaban J connectivity index is 2.25. The Kier molecular flexibility index (Phi) is 4.20. The standard InChI is InChI=1S/C14H9ClF2O3/c15-11-6-9(16)5-4-8(11)7-20-13-10(14(18)19)2-1-3-12(13)17/h1-6H,7H2,(H,18,19). The lowest BCUT2D eigenvalue weighted by molar-refractivity contribution is 0.0690. The molecule has 0 spiro atoms. The summed E-state index contributed by atoms with van der Waals surface area (Å²) in [5.74, 6) is -2.97. The zero-order valence-electron chi connectivity index (χ0n) is 10.1. The van der Waals surface area contributed by atoms with Gasteiger partial charge in [0.25, 0.3) is 0 Å². The van der Waals surface area contributed by atoms with E-state index in [2.05, 4.69) is 0 Å². The van der Waals surface area contributed by atoms with Crippen LogP contribution >= 0.6 is 11.6 Å². The smallest absolute Gasteiger partial charge is 0.339 e. The van der Waals surface area contributed by atoms with Gasteiger partial charge in [0.1, 0.15) is 18.0 Å². The van der Waals surface area contributed by atoms with Gasteiger partial charge in [0.15, 0.2) is 11.6 Å². The van der Waals surface area contributed by atoms with Gasteiger partial charge >= 0.3 is 5.97 Å². The minimum absolute atomic E-state index is 0.123. The summed E-state index contributed by atoms with van der Waals surface area (Å²) in [6, 6.07) is 7.26. The van der Waals surface area contributed by atoms with Crippen LogP contribution in [0.15, 0.2) is 36.4 Å². The van der Waals surface area contributed by atoms with Crippen LogP contribution in [0.5, 0.6) is 5.75 Å². The molecule has 0 amide bonds. The molecular weight excluding hydrogens is 290 g/mol. The molecule has 0 heterocycles. The highest BCUT2D eigenvalue weighted by atomic mass is 35.5. The molecule has 0 saturated carbocycles. The molecule has 1 N–H and O–H groups in total. The van der Waals surface area contributed by atoms with Gasteiger partial charge in [-0.05, 0) is 24.3 Å². The van der Waals surface area contributed by atoms with Gasteiger partial charge in [-0.2, -0.15) is 0 Å². The first-order chi connectivity index (χ1) is 9.49. The normalized spacial score (nSPS) is 10.3. The third kappa shape index (κ3) is 3.05. The lowest BCUT2D eigenvalue weighted by Crippen LogP contribution is -2.05. The topological polar surface area (TPSA) is 46.5 Å². The van der Waals surface area contributed by atoms with Crippen LogP contribution in [0.25, 0.3) is 0 Å². The summed E-state index contributed by atoms with van der Waals surface area (Å²) in [6.45, 7) is -0.166. The Morgan fingerprint density at radius 2 is 2.00 bits per heavy atom. The number of aromatic carboxylic acids is 1. The Morgan fingerprint density at radius 1 is 1.25 bits per heavy atom. The van der Waals surface area contributed by atoms with E-state index in [0.717, 1.165) is 12.1 Å². The van der Waals surface area contributed by atoms with Crippen LogP contribution in [0.4, 0.5) is 8.78 Å². The molecule has 20 heavy (non-hydrogen) atoms. The fraction of sp³-hybridized carbons (Fsp3) is 0.0714. The monoisotopic (exact) mass is 298 g/mol. The van der Waals surface area contributed by atoms with Crippen molar-refractivity contribution >= 4 is 17.6 Å². The van der Waals surface area contributed by atoms with E-state index in [1.54, 1.807) is 0 Å². The van der Waals surface area contributed by atoms with Crippen LogP contribution in [0.3, 0.4) is 0 Å². The maximum Gasteiger partial charge on any atom is 0.339 e. The molecule has 2 aromatic carbocycles. The van der Waals surface area contributed by atoms with Crippen molar-refractivity contribution in [2.24, 2.45) is 0 Å². The van der Waals surface area contributed by atoms with Crippen molar-refractivity contribution in [1.82, 2.24) is 0 Å². The summed E-state index contributed by atoms with van der Waals surface area (Å²) >= 11 is 5.81. The summed E-state index contributed by atoms with van der Waals surface area (Å²) in [5.41, 5.74) is 0.135. The first-order valence-electron chi connectivity index (χ1n) is 5.57. The number of para-hydroxylation sites is 1. The predicted molar refractivity (Wildman–Crippen MR) is 69.1 cm³/mol. The summed E-state index contributed by atoms with van der Waals surface area (Å²) in [7, 11) is 0. The average molecular weight is 299 g/mol. The van der Waals surface area contributed by atoms with Crippen molar-refractivity contribution in [2.45, 2.75) is 6.61 Å². The molecular formula is C14H9ClF2O3. The number of rotatable bonds is 4. The van der Waals surface area contributed by atoms with Gasteiger partial charge in [0.2, 0.25) is 0 Å². The van der Waals surface area contributed by atoms with Gasteiger partial charge in [0.05, 0.1) is 5.02 Å². The van der Waals surface area contributed by atoms with E-state index >= 15 is 0 Å². The summed E-state index contributed by atoms with van der Waals surface area (Å²) < 4.78 is 31.7. The second-order valence-electron chi connectivity index (χ2n) is 3.95. The average Bonchev–Trinajstić information content (AvgIpc) is 2.38. The van der Waals surface area contributed by atoms with Gasteiger partial charge in [-0.15, -0.1) is 0 Å². The molecule has 0 aromatic heterocycles. The number of halogens is 3. The number of carbonyl (C=O) groups is 1. The second kappa shape index (κ2) is 5.88. The quantitative estimate of drug-likeness (QED) is 0.931. The first-order valence-corrected chi connectivity index (χ1v) is 5.95. The van der Waals surface area contributed by atoms with Gasteiger partial charge in [-0.1, -0.05) is 23.7 Å². The highest BCUT2D eigenvalue weighted by Crippen LogP contribution is 2.25. The molecule has 2 aromatic rings. The molecule has 0 fully saturated rings. The molecule has 104 valence electrons. The Morgan fingerprint density at radius 3 is 2.65 bits per heavy atom. The summed E-state index contributed by atoms with van der Waals surface area (Å²) in [6.07, 6.45) is 0. The molecule has 0 aliphatic carbocycles. The third-order valence-electron chi connectivity index (χ3n) is 2.58. The van der Waals surface area contributed by atoms with Crippen molar-refractivity contribution in [3.8, 4) is 5.75 Å². The Labute approximate surface area is 118 Å². The molecule has 0 radical (unpaired) electrons. The van der Waals surface area contributed by atoms with E-state index in [1.807, 2.05) is 0 Å². The van der Waals surface area contributed by atoms with Crippen molar-refractivity contribution in [3.63, 3.8) is 0 Å². The predicted octanol–water partition coefficient (Wildman–Crippen LogP) is 3.90. The second-order valence-corrected chi connectivity index (χ2v) is 4.35. The van der Waals surface area contributed by atoms with Crippen molar-refractivity contribution in [2.75, 3.05) is 0 Å². The van der Waals surface area contributed by atoms with Gasteiger partial charge < -0.3 is 9.84 Å².